The molecule has 0 atom stereocenters. The van der Waals surface area contributed by atoms with Crippen LogP contribution in [0.25, 0.3) is 95.5 Å². The molecule has 550 valence electrons. The van der Waals surface area contributed by atoms with E-state index in [4.69, 9.17) is 24.1 Å². The van der Waals surface area contributed by atoms with E-state index in [9.17, 15) is 0 Å². The molecule has 0 spiro atoms. The van der Waals surface area contributed by atoms with Crippen LogP contribution in [0.15, 0.2) is 221 Å². The Balaban J connectivity index is 0.000000104. The van der Waals surface area contributed by atoms with Crippen LogP contribution in [-0.2, 0) is 17.7 Å². The molecule has 0 unspecified atom stereocenters. The Kier molecular flexibility index (Phi) is 20.0. The number of furan rings is 1. The van der Waals surface area contributed by atoms with Gasteiger partial charge in [0, 0.05) is 82.7 Å². The highest BCUT2D eigenvalue weighted by molar-refractivity contribution is 7.18. The first-order valence-corrected chi connectivity index (χ1v) is 39.0. The molecule has 0 saturated carbocycles. The largest absolute Gasteiger partial charge is 0.467 e. The molecule has 6 aromatic carbocycles. The first kappa shape index (κ1) is 69.2. The topological polar surface area (TPSA) is 368 Å². The smallest absolute Gasteiger partial charge is 0.229 e. The molecule has 0 radical (unpaired) electrons. The van der Waals surface area contributed by atoms with Crippen LogP contribution < -0.4 is 42.5 Å². The molecule has 111 heavy (non-hydrogen) atoms. The van der Waals surface area contributed by atoms with Gasteiger partial charge in [0.25, 0.3) is 0 Å². The van der Waals surface area contributed by atoms with Gasteiger partial charge >= 0.3 is 0 Å². The molecule has 0 amide bonds. The summed E-state index contributed by atoms with van der Waals surface area (Å²) in [7, 11) is 0. The fourth-order valence-corrected chi connectivity index (χ4v) is 15.7. The number of hydrogen-bond acceptors (Lipinski definition) is 28. The zero-order chi connectivity index (χ0) is 74.1. The average molecular weight is 1540 g/mol. The molecule has 13 N–H and O–H groups in total. The summed E-state index contributed by atoms with van der Waals surface area (Å²) in [4.78, 5) is 47.1. The minimum Gasteiger partial charge on any atom is -0.467 e. The van der Waals surface area contributed by atoms with E-state index >= 15 is 0 Å². The number of imidazole rings is 1. The number of rotatable bonds is 21. The number of aromatic amines is 5. The molecular formula is C78H67N27O2S4. The highest BCUT2D eigenvalue weighted by Crippen LogP contribution is 2.36. The van der Waals surface area contributed by atoms with Crippen LogP contribution in [0.2, 0.25) is 0 Å². The Morgan fingerprint density at radius 2 is 0.820 bits per heavy atom. The Hall–Kier alpha value is -13.6. The summed E-state index contributed by atoms with van der Waals surface area (Å²) in [6, 6.07) is 52.4. The predicted molar refractivity (Wildman–Crippen MR) is 447 cm³/mol. The van der Waals surface area contributed by atoms with E-state index in [-0.39, 0.29) is 0 Å². The van der Waals surface area contributed by atoms with Crippen LogP contribution in [0.5, 0.6) is 0 Å². The van der Waals surface area contributed by atoms with Gasteiger partial charge in [0.15, 0.2) is 23.3 Å². The standard InChI is InChI=1S/C21H18N6S.C20H14N8S.C19H21N7OS.C18H14N6OS/c1-2-4-14(5-3-1)8-10-22-21-25-18-9-11-28-19(18)20(26-21)24-16-6-7-17-15(12-16)13-23-27-17;1-3-14-11(9-23-28-14)7-12(1)24-19-18-16(5-6-29-18)26-20(27-19)25-13-2-4-15-17(8-13)22-10-21-15;1-2-15-13(12-21-25-15)11-14(1)22-18-17-16(3-10-28-17)23-19(24-18)20-4-5-26-6-8-27-9-7-26;1-2-13(25-6-1)10-19-18-22-15-5-7-26-16(15)17(23-18)21-12-3-4-14-11(8-12)9-20-24-14/h1-7,9,11-13H,8,10H2,(H,23,27)(H2,22,24,25,26);1-10H,(H,21,22)(H,23,28)(H2,24,25,26,27);1-3,10-12H,4-9H2,(H,21,25)(H2,20,22,23,24);1-9H,10H2,(H,20,24)(H2,19,21,22,23). The first-order chi connectivity index (χ1) is 54.9. The fourth-order valence-electron chi connectivity index (χ4n) is 12.6. The lowest BCUT2D eigenvalue weighted by Crippen LogP contribution is -2.39. The van der Waals surface area contributed by atoms with Crippen molar-refractivity contribution in [3.8, 4) is 0 Å². The maximum Gasteiger partial charge on any atom is 0.229 e. The maximum absolute atomic E-state index is 5.40. The quantitative estimate of drug-likeness (QED) is 0.0318. The number of thiophene rings is 4. The Morgan fingerprint density at radius 3 is 1.29 bits per heavy atom. The summed E-state index contributed by atoms with van der Waals surface area (Å²) in [5.74, 6) is 6.36. The Bertz CT molecular complexity index is 6530. The molecule has 14 aromatic heterocycles. The second kappa shape index (κ2) is 32.1. The van der Waals surface area contributed by atoms with E-state index in [0.29, 0.717) is 30.3 Å². The number of hydrogen-bond donors (Lipinski definition) is 13. The first-order valence-electron chi connectivity index (χ1n) is 35.5. The molecule has 0 bridgehead atoms. The van der Waals surface area contributed by atoms with Gasteiger partial charge < -0.3 is 56.7 Å². The number of fused-ring (bicyclic) bond motifs is 9. The van der Waals surface area contributed by atoms with Gasteiger partial charge in [-0.3, -0.25) is 25.3 Å². The van der Waals surface area contributed by atoms with E-state index in [2.05, 4.69) is 160 Å². The average Bonchev–Trinajstić information content (AvgIpc) is 1.71. The molecule has 20 aromatic rings. The van der Waals surface area contributed by atoms with Crippen molar-refractivity contribution in [1.82, 2.24) is 95.5 Å². The highest BCUT2D eigenvalue weighted by Gasteiger charge is 2.17. The number of nitrogens with zero attached hydrogens (tertiary/aromatic N) is 14. The van der Waals surface area contributed by atoms with Crippen molar-refractivity contribution in [3.05, 3.63) is 228 Å². The van der Waals surface area contributed by atoms with Crippen LogP contribution in [-0.4, -0.2) is 141 Å². The molecular weight excluding hydrogens is 1480 g/mol. The molecule has 1 fully saturated rings. The van der Waals surface area contributed by atoms with Crippen LogP contribution >= 0.6 is 45.3 Å². The summed E-state index contributed by atoms with van der Waals surface area (Å²) in [5.41, 5.74) is 15.6. The second-order valence-corrected chi connectivity index (χ2v) is 29.2. The number of ether oxygens (including phenoxy) is 1. The summed E-state index contributed by atoms with van der Waals surface area (Å²) >= 11 is 6.49. The van der Waals surface area contributed by atoms with Crippen molar-refractivity contribution in [2.75, 3.05) is 88.5 Å². The molecule has 1 aliphatic rings. The lowest BCUT2D eigenvalue weighted by molar-refractivity contribution is 0.0398. The molecule has 33 heteroatoms. The number of H-pyrrole nitrogens is 5. The maximum atomic E-state index is 5.40. The third-order valence-electron chi connectivity index (χ3n) is 18.1. The van der Waals surface area contributed by atoms with Crippen LogP contribution in [0, 0.1) is 0 Å². The van der Waals surface area contributed by atoms with Gasteiger partial charge in [-0.1, -0.05) is 30.3 Å². The summed E-state index contributed by atoms with van der Waals surface area (Å²) in [6.07, 6.45) is 11.5. The molecule has 29 nitrogen and oxygen atoms in total. The van der Waals surface area contributed by atoms with Crippen molar-refractivity contribution < 1.29 is 9.15 Å². The van der Waals surface area contributed by atoms with Crippen LogP contribution in [0.3, 0.4) is 0 Å². The molecule has 15 heterocycles. The van der Waals surface area contributed by atoms with Gasteiger partial charge in [0.05, 0.1) is 131 Å². The number of morpholine rings is 1. The van der Waals surface area contributed by atoms with E-state index in [0.717, 1.165) is 205 Å². The van der Waals surface area contributed by atoms with Gasteiger partial charge in [-0.2, -0.15) is 40.3 Å². The summed E-state index contributed by atoms with van der Waals surface area (Å²) < 4.78 is 14.9. The van der Waals surface area contributed by atoms with Crippen molar-refractivity contribution in [3.63, 3.8) is 0 Å². The third-order valence-corrected chi connectivity index (χ3v) is 21.7. The van der Waals surface area contributed by atoms with Gasteiger partial charge in [-0.05, 0) is 161 Å². The number of anilines is 13. The number of benzene rings is 6. The minimum absolute atomic E-state index is 0.529. The van der Waals surface area contributed by atoms with E-state index < -0.39 is 0 Å². The van der Waals surface area contributed by atoms with E-state index in [1.165, 1.54) is 5.56 Å². The number of aromatic nitrogens is 18. The van der Waals surface area contributed by atoms with Gasteiger partial charge in [0.2, 0.25) is 23.8 Å². The van der Waals surface area contributed by atoms with E-state index in [1.807, 2.05) is 155 Å². The second-order valence-electron chi connectivity index (χ2n) is 25.5. The van der Waals surface area contributed by atoms with Gasteiger partial charge in [0.1, 0.15) is 5.76 Å². The Labute approximate surface area is 646 Å². The zero-order valence-corrected chi connectivity index (χ0v) is 62.1. The van der Waals surface area contributed by atoms with E-state index in [1.54, 1.807) is 70.3 Å². The predicted octanol–water partition coefficient (Wildman–Crippen LogP) is 17.5. The van der Waals surface area contributed by atoms with Crippen molar-refractivity contribution in [2.45, 2.75) is 13.0 Å². The highest BCUT2D eigenvalue weighted by atomic mass is 32.1. The van der Waals surface area contributed by atoms with Crippen molar-refractivity contribution in [2.24, 2.45) is 0 Å². The Morgan fingerprint density at radius 1 is 0.387 bits per heavy atom. The molecule has 0 aliphatic carbocycles. The van der Waals surface area contributed by atoms with Crippen molar-refractivity contribution >= 4 is 216 Å². The monoisotopic (exact) mass is 1540 g/mol. The van der Waals surface area contributed by atoms with Crippen LogP contribution in [0.4, 0.5) is 75.5 Å². The van der Waals surface area contributed by atoms with Gasteiger partial charge in [-0.15, -0.1) is 45.3 Å². The van der Waals surface area contributed by atoms with Gasteiger partial charge in [-0.25, -0.2) is 24.9 Å². The summed E-state index contributed by atoms with van der Waals surface area (Å²) in [6.45, 7) is 6.65. The minimum atomic E-state index is 0.529. The zero-order valence-electron chi connectivity index (χ0n) is 58.9. The normalized spacial score (nSPS) is 12.3. The lowest BCUT2D eigenvalue weighted by atomic mass is 10.1. The number of nitrogens with one attached hydrogen (secondary N) is 13. The molecule has 21 rings (SSSR count). The summed E-state index contributed by atoms with van der Waals surface area (Å²) in [5, 5.41) is 67.4. The third kappa shape index (κ3) is 16.3. The fraction of sp³-hybridized carbons (Fsp3) is 0.115. The van der Waals surface area contributed by atoms with Crippen LogP contribution in [0.1, 0.15) is 11.3 Å². The SMILES string of the molecule is c1cc2nc(NCCN3CCOCC3)nc(Nc3ccc4[nH]ncc4c3)c2s1.c1ccc(CCNc2nc(Nc3ccc4[nH]ncc4c3)c3sccc3n2)cc1.c1coc(CNc2nc(Nc3ccc4[nH]ncc4c3)c3sccc3n2)c1.c1nc2ccc(Nc3nc(Nc4ccc5[nH]ncc5c4)c4sccc4n3)cc2[nH]1. The van der Waals surface area contributed by atoms with Crippen molar-refractivity contribution in [1.29, 1.82) is 0 Å². The molecule has 1 aliphatic heterocycles. The lowest BCUT2D eigenvalue weighted by Gasteiger charge is -2.26. The molecule has 1 saturated heterocycles.